The summed E-state index contributed by atoms with van der Waals surface area (Å²) >= 11 is 5.02. The van der Waals surface area contributed by atoms with Crippen LogP contribution in [0.3, 0.4) is 0 Å². The van der Waals surface area contributed by atoms with Crippen LogP contribution in [0.1, 0.15) is 10.9 Å². The quantitative estimate of drug-likeness (QED) is 0.864. The Kier molecular flexibility index (Phi) is 2.97. The fourth-order valence-corrected chi connectivity index (χ4v) is 3.29. The van der Waals surface area contributed by atoms with Crippen molar-refractivity contribution in [1.29, 1.82) is 0 Å². The molecule has 0 aliphatic carbocycles. The van der Waals surface area contributed by atoms with Gasteiger partial charge < -0.3 is 10.6 Å². The van der Waals surface area contributed by atoms with E-state index >= 15 is 0 Å². The summed E-state index contributed by atoms with van der Waals surface area (Å²) in [6, 6.07) is 11.3. The van der Waals surface area contributed by atoms with Crippen molar-refractivity contribution in [3.63, 3.8) is 0 Å². The van der Waals surface area contributed by atoms with Crippen molar-refractivity contribution >= 4 is 38.9 Å². The molecule has 0 saturated carbocycles. The molecule has 2 atom stereocenters. The summed E-state index contributed by atoms with van der Waals surface area (Å²) in [6.45, 7) is 0. The standard InChI is InChI=1S/C13H11BrN2OS/c14-8-3-5-9(6-4-8)16-12(11(15)13(16)17)10-2-1-7-18-10/h1-7,11-12H,15H2/t11-,12+/m1/s1. The first-order valence-corrected chi connectivity index (χ1v) is 7.23. The van der Waals surface area contributed by atoms with Crippen LogP contribution in [0.5, 0.6) is 0 Å². The van der Waals surface area contributed by atoms with Gasteiger partial charge >= 0.3 is 0 Å². The zero-order chi connectivity index (χ0) is 12.7. The van der Waals surface area contributed by atoms with Gasteiger partial charge in [0.1, 0.15) is 6.04 Å². The van der Waals surface area contributed by atoms with Crippen LogP contribution in [-0.4, -0.2) is 11.9 Å². The first kappa shape index (κ1) is 11.9. The smallest absolute Gasteiger partial charge is 0.247 e. The maximum absolute atomic E-state index is 11.9. The number of carbonyl (C=O) groups is 1. The summed E-state index contributed by atoms with van der Waals surface area (Å²) in [5.41, 5.74) is 6.81. The van der Waals surface area contributed by atoms with Gasteiger partial charge in [-0.15, -0.1) is 11.3 Å². The maximum atomic E-state index is 11.9. The van der Waals surface area contributed by atoms with E-state index in [1.807, 2.05) is 41.8 Å². The van der Waals surface area contributed by atoms with Crippen LogP contribution in [0.25, 0.3) is 0 Å². The minimum Gasteiger partial charge on any atom is -0.318 e. The Labute approximate surface area is 117 Å². The lowest BCUT2D eigenvalue weighted by Crippen LogP contribution is -2.63. The van der Waals surface area contributed by atoms with E-state index in [-0.39, 0.29) is 11.9 Å². The fraction of sp³-hybridized carbons (Fsp3) is 0.154. The predicted octanol–water partition coefficient (Wildman–Crippen LogP) is 2.93. The molecule has 1 aliphatic rings. The van der Waals surface area contributed by atoms with Gasteiger partial charge in [-0.25, -0.2) is 0 Å². The van der Waals surface area contributed by atoms with Gasteiger partial charge in [0, 0.05) is 15.0 Å². The monoisotopic (exact) mass is 322 g/mol. The number of rotatable bonds is 2. The molecule has 2 N–H and O–H groups in total. The highest BCUT2D eigenvalue weighted by molar-refractivity contribution is 9.10. The topological polar surface area (TPSA) is 46.3 Å². The zero-order valence-corrected chi connectivity index (χ0v) is 11.8. The molecule has 18 heavy (non-hydrogen) atoms. The number of nitrogens with zero attached hydrogens (tertiary/aromatic N) is 1. The Morgan fingerprint density at radius 2 is 1.94 bits per heavy atom. The van der Waals surface area contributed by atoms with Crippen LogP contribution >= 0.6 is 27.3 Å². The maximum Gasteiger partial charge on any atom is 0.247 e. The first-order chi connectivity index (χ1) is 8.68. The number of hydrogen-bond acceptors (Lipinski definition) is 3. The molecule has 3 nitrogen and oxygen atoms in total. The molecular weight excluding hydrogens is 312 g/mol. The molecule has 1 aliphatic heterocycles. The molecular formula is C13H11BrN2OS. The molecule has 3 rings (SSSR count). The van der Waals surface area contributed by atoms with Gasteiger partial charge in [-0.1, -0.05) is 22.0 Å². The van der Waals surface area contributed by atoms with Gasteiger partial charge in [0.15, 0.2) is 0 Å². The van der Waals surface area contributed by atoms with E-state index in [9.17, 15) is 4.79 Å². The van der Waals surface area contributed by atoms with Crippen molar-refractivity contribution in [1.82, 2.24) is 0 Å². The number of thiophene rings is 1. The SMILES string of the molecule is N[C@H]1C(=O)N(c2ccc(Br)cc2)[C@H]1c1cccs1. The molecule has 0 bridgehead atoms. The average Bonchev–Trinajstić information content (AvgIpc) is 2.89. The number of halogens is 1. The van der Waals surface area contributed by atoms with E-state index in [4.69, 9.17) is 5.73 Å². The largest absolute Gasteiger partial charge is 0.318 e. The Bertz CT molecular complexity index is 567. The minimum absolute atomic E-state index is 0.0178. The molecule has 1 fully saturated rings. The van der Waals surface area contributed by atoms with Gasteiger partial charge in [-0.3, -0.25) is 4.79 Å². The highest BCUT2D eigenvalue weighted by Gasteiger charge is 2.47. The van der Waals surface area contributed by atoms with Crippen molar-refractivity contribution in [3.8, 4) is 0 Å². The molecule has 2 aromatic rings. The van der Waals surface area contributed by atoms with Crippen molar-refractivity contribution in [3.05, 3.63) is 51.1 Å². The van der Waals surface area contributed by atoms with Gasteiger partial charge in [0.25, 0.3) is 0 Å². The molecule has 5 heteroatoms. The number of β-lactam (4-membered cyclic amide) rings is 1. The third kappa shape index (κ3) is 1.79. The van der Waals surface area contributed by atoms with E-state index in [0.717, 1.165) is 15.0 Å². The first-order valence-electron chi connectivity index (χ1n) is 5.56. The van der Waals surface area contributed by atoms with E-state index in [0.29, 0.717) is 0 Å². The van der Waals surface area contributed by atoms with E-state index in [1.165, 1.54) is 0 Å². The summed E-state index contributed by atoms with van der Waals surface area (Å²) in [5.74, 6) is -0.0178. The van der Waals surface area contributed by atoms with Gasteiger partial charge in [0.2, 0.25) is 5.91 Å². The summed E-state index contributed by atoms with van der Waals surface area (Å²) < 4.78 is 0.996. The molecule has 0 unspecified atom stereocenters. The van der Waals surface area contributed by atoms with Crippen LogP contribution in [-0.2, 0) is 4.79 Å². The van der Waals surface area contributed by atoms with Gasteiger partial charge in [0.05, 0.1) is 6.04 Å². The molecule has 1 saturated heterocycles. The van der Waals surface area contributed by atoms with Crippen LogP contribution < -0.4 is 10.6 Å². The molecule has 2 heterocycles. The third-order valence-corrected chi connectivity index (χ3v) is 4.55. The van der Waals surface area contributed by atoms with Crippen molar-refractivity contribution in [2.24, 2.45) is 5.73 Å². The van der Waals surface area contributed by atoms with Gasteiger partial charge in [-0.2, -0.15) is 0 Å². The predicted molar refractivity (Wildman–Crippen MR) is 76.7 cm³/mol. The summed E-state index contributed by atoms with van der Waals surface area (Å²) in [6.07, 6.45) is 0. The van der Waals surface area contributed by atoms with Crippen molar-refractivity contribution < 1.29 is 4.79 Å². The lowest BCUT2D eigenvalue weighted by Gasteiger charge is -2.44. The lowest BCUT2D eigenvalue weighted by atomic mass is 9.93. The average molecular weight is 323 g/mol. The summed E-state index contributed by atoms with van der Waals surface area (Å²) in [5, 5.41) is 2.00. The van der Waals surface area contributed by atoms with E-state index in [2.05, 4.69) is 15.9 Å². The molecule has 1 amide bonds. The number of carbonyl (C=O) groups excluding carboxylic acids is 1. The number of amides is 1. The van der Waals surface area contributed by atoms with Gasteiger partial charge in [-0.05, 0) is 35.7 Å². The molecule has 0 radical (unpaired) electrons. The fourth-order valence-electron chi connectivity index (χ4n) is 2.16. The third-order valence-electron chi connectivity index (χ3n) is 3.08. The Morgan fingerprint density at radius 1 is 1.22 bits per heavy atom. The van der Waals surface area contributed by atoms with E-state index in [1.54, 1.807) is 16.2 Å². The minimum atomic E-state index is -0.424. The Hall–Kier alpha value is -1.17. The summed E-state index contributed by atoms with van der Waals surface area (Å²) in [7, 11) is 0. The normalized spacial score (nSPS) is 23.0. The number of hydrogen-bond donors (Lipinski definition) is 1. The molecule has 1 aromatic heterocycles. The number of anilines is 1. The van der Waals surface area contributed by atoms with E-state index < -0.39 is 6.04 Å². The van der Waals surface area contributed by atoms with Crippen molar-refractivity contribution in [2.45, 2.75) is 12.1 Å². The zero-order valence-electron chi connectivity index (χ0n) is 9.42. The second-order valence-electron chi connectivity index (χ2n) is 4.17. The highest BCUT2D eigenvalue weighted by Crippen LogP contribution is 2.40. The second-order valence-corrected chi connectivity index (χ2v) is 6.07. The number of nitrogens with two attached hydrogens (primary N) is 1. The highest BCUT2D eigenvalue weighted by atomic mass is 79.9. The van der Waals surface area contributed by atoms with Crippen LogP contribution in [0.15, 0.2) is 46.3 Å². The van der Waals surface area contributed by atoms with Crippen LogP contribution in [0, 0.1) is 0 Å². The molecule has 92 valence electrons. The summed E-state index contributed by atoms with van der Waals surface area (Å²) in [4.78, 5) is 14.8. The lowest BCUT2D eigenvalue weighted by molar-refractivity contribution is -0.126. The molecule has 0 spiro atoms. The number of benzene rings is 1. The van der Waals surface area contributed by atoms with Crippen LogP contribution in [0.2, 0.25) is 0 Å². The van der Waals surface area contributed by atoms with Crippen LogP contribution in [0.4, 0.5) is 5.69 Å². The van der Waals surface area contributed by atoms with Crippen molar-refractivity contribution in [2.75, 3.05) is 4.90 Å². The second kappa shape index (κ2) is 4.50. The molecule has 1 aromatic carbocycles. The Balaban J connectivity index is 1.95. The Morgan fingerprint density at radius 3 is 2.56 bits per heavy atom.